The molecule has 6 heteroatoms. The molecule has 2 N–H and O–H groups in total. The fraction of sp³-hybridized carbons (Fsp3) is 0.394. The maximum Gasteiger partial charge on any atom is 0.248 e. The number of halogens is 1. The van der Waals surface area contributed by atoms with Gasteiger partial charge in [-0.25, -0.2) is 0 Å². The Hall–Kier alpha value is -3.31. The van der Waals surface area contributed by atoms with Crippen molar-refractivity contribution in [3.8, 4) is 5.75 Å². The molecule has 0 bridgehead atoms. The molecule has 4 rings (SSSR count). The van der Waals surface area contributed by atoms with Gasteiger partial charge in [-0.05, 0) is 84.2 Å². The Morgan fingerprint density at radius 2 is 1.67 bits per heavy atom. The predicted octanol–water partition coefficient (Wildman–Crippen LogP) is 7.40. The van der Waals surface area contributed by atoms with E-state index in [4.69, 9.17) is 22.1 Å². The molecule has 0 spiro atoms. The summed E-state index contributed by atoms with van der Waals surface area (Å²) in [5, 5.41) is 0.568. The second-order valence-electron chi connectivity index (χ2n) is 10.8. The van der Waals surface area contributed by atoms with E-state index in [1.165, 1.54) is 0 Å². The average molecular weight is 547 g/mol. The summed E-state index contributed by atoms with van der Waals surface area (Å²) in [7, 11) is 1.63. The Labute approximate surface area is 237 Å². The number of methoxy groups -OCH3 is 1. The average Bonchev–Trinajstić information content (AvgIpc) is 2.95. The lowest BCUT2D eigenvalue weighted by molar-refractivity contribution is -0.131. The van der Waals surface area contributed by atoms with E-state index >= 15 is 0 Å². The highest BCUT2D eigenvalue weighted by Gasteiger charge is 2.53. The fourth-order valence-corrected chi connectivity index (χ4v) is 6.10. The number of anilines is 1. The molecule has 0 radical (unpaired) electrons. The largest absolute Gasteiger partial charge is 0.497 e. The molecule has 2 amide bonds. The third-order valence-corrected chi connectivity index (χ3v) is 8.29. The van der Waals surface area contributed by atoms with Crippen molar-refractivity contribution >= 4 is 29.1 Å². The molecule has 1 unspecified atom stereocenters. The minimum Gasteiger partial charge on any atom is -0.497 e. The molecular weight excluding hydrogens is 508 g/mol. The summed E-state index contributed by atoms with van der Waals surface area (Å²) in [5.74, 6) is 0.312. The van der Waals surface area contributed by atoms with Gasteiger partial charge in [-0.2, -0.15) is 0 Å². The maximum absolute atomic E-state index is 14.4. The third kappa shape index (κ3) is 6.14. The molecule has 1 fully saturated rings. The molecule has 3 aromatic rings. The van der Waals surface area contributed by atoms with Gasteiger partial charge in [0.2, 0.25) is 11.8 Å². The van der Waals surface area contributed by atoms with Crippen molar-refractivity contribution in [2.45, 2.75) is 70.3 Å². The molecule has 1 saturated carbocycles. The van der Waals surface area contributed by atoms with E-state index in [-0.39, 0.29) is 18.2 Å². The van der Waals surface area contributed by atoms with E-state index in [0.29, 0.717) is 28.6 Å². The summed E-state index contributed by atoms with van der Waals surface area (Å²) in [6, 6.07) is 23.0. The van der Waals surface area contributed by atoms with Crippen molar-refractivity contribution in [2.75, 3.05) is 12.0 Å². The van der Waals surface area contributed by atoms with Gasteiger partial charge in [-0.1, -0.05) is 81.1 Å². The van der Waals surface area contributed by atoms with Crippen LogP contribution in [0.25, 0.3) is 0 Å². The van der Waals surface area contributed by atoms with Gasteiger partial charge in [0.25, 0.3) is 0 Å². The van der Waals surface area contributed by atoms with E-state index in [0.717, 1.165) is 49.0 Å². The lowest BCUT2D eigenvalue weighted by Gasteiger charge is -2.48. The van der Waals surface area contributed by atoms with Crippen molar-refractivity contribution < 1.29 is 14.3 Å². The van der Waals surface area contributed by atoms with Crippen molar-refractivity contribution in [1.29, 1.82) is 0 Å². The predicted molar refractivity (Wildman–Crippen MR) is 158 cm³/mol. The number of hydrogen-bond acceptors (Lipinski definition) is 3. The van der Waals surface area contributed by atoms with E-state index in [9.17, 15) is 9.59 Å². The third-order valence-electron chi connectivity index (χ3n) is 8.04. The smallest absolute Gasteiger partial charge is 0.248 e. The number of nitrogens with zero attached hydrogens (tertiary/aromatic N) is 1. The number of hydrogen-bond donors (Lipinski definition) is 1. The molecule has 1 atom stereocenters. The van der Waals surface area contributed by atoms with Gasteiger partial charge in [-0.3, -0.25) is 14.5 Å². The van der Waals surface area contributed by atoms with Crippen molar-refractivity contribution in [3.63, 3.8) is 0 Å². The molecular formula is C33H39ClN2O3. The van der Waals surface area contributed by atoms with Crippen molar-refractivity contribution in [2.24, 2.45) is 11.7 Å². The number of ether oxygens (including phenoxy) is 1. The van der Waals surface area contributed by atoms with E-state index < -0.39 is 11.4 Å². The highest BCUT2D eigenvalue weighted by molar-refractivity contribution is 6.30. The summed E-state index contributed by atoms with van der Waals surface area (Å²) in [6.07, 6.45) is 5.45. The number of primary amides is 1. The van der Waals surface area contributed by atoms with Crippen LogP contribution in [-0.2, 0) is 21.5 Å². The lowest BCUT2D eigenvalue weighted by atomic mass is 9.69. The van der Waals surface area contributed by atoms with Crippen LogP contribution in [0.15, 0.2) is 72.8 Å². The zero-order valence-corrected chi connectivity index (χ0v) is 23.9. The van der Waals surface area contributed by atoms with Gasteiger partial charge in [0.15, 0.2) is 5.54 Å². The van der Waals surface area contributed by atoms with Crippen LogP contribution in [0.1, 0.15) is 75.0 Å². The van der Waals surface area contributed by atoms with Crippen LogP contribution in [0.4, 0.5) is 5.69 Å². The minimum atomic E-state index is -1.34. The molecule has 206 valence electrons. The highest BCUT2D eigenvalue weighted by Crippen LogP contribution is 2.46. The number of carbonyl (C=O) groups is 2. The SMILES string of the molecule is COc1cccc(CCC(=O)N(c2ccc(C(C)C)cc2)C(C(N)=O)(c2ccc(Cl)cc2)C2CCCCC2)c1. The van der Waals surface area contributed by atoms with E-state index in [1.807, 2.05) is 60.7 Å². The first-order chi connectivity index (χ1) is 18.8. The van der Waals surface area contributed by atoms with Gasteiger partial charge in [0, 0.05) is 17.1 Å². The Morgan fingerprint density at radius 3 is 2.26 bits per heavy atom. The van der Waals surface area contributed by atoms with Crippen LogP contribution < -0.4 is 15.4 Å². The molecule has 0 saturated heterocycles. The number of aryl methyl sites for hydroxylation is 1. The summed E-state index contributed by atoms with van der Waals surface area (Å²) in [6.45, 7) is 4.27. The Morgan fingerprint density at radius 1 is 1.00 bits per heavy atom. The van der Waals surface area contributed by atoms with Gasteiger partial charge < -0.3 is 10.5 Å². The first-order valence-corrected chi connectivity index (χ1v) is 14.3. The Bertz CT molecular complexity index is 1270. The van der Waals surface area contributed by atoms with Crippen LogP contribution >= 0.6 is 11.6 Å². The van der Waals surface area contributed by atoms with Gasteiger partial charge in [0.05, 0.1) is 7.11 Å². The molecule has 39 heavy (non-hydrogen) atoms. The molecule has 0 aromatic heterocycles. The first-order valence-electron chi connectivity index (χ1n) is 13.9. The van der Waals surface area contributed by atoms with Crippen molar-refractivity contribution in [3.05, 3.63) is 94.5 Å². The van der Waals surface area contributed by atoms with E-state index in [2.05, 4.69) is 13.8 Å². The summed E-state index contributed by atoms with van der Waals surface area (Å²) in [4.78, 5) is 29.9. The molecule has 0 heterocycles. The van der Waals surface area contributed by atoms with Crippen LogP contribution in [0.2, 0.25) is 5.02 Å². The number of nitrogens with two attached hydrogens (primary N) is 1. The van der Waals surface area contributed by atoms with Crippen LogP contribution in [0.5, 0.6) is 5.75 Å². The topological polar surface area (TPSA) is 72.6 Å². The monoisotopic (exact) mass is 546 g/mol. The first kappa shape index (κ1) is 28.7. The Kier molecular flexibility index (Phi) is 9.34. The zero-order chi connectivity index (χ0) is 28.0. The number of rotatable bonds is 10. The van der Waals surface area contributed by atoms with Gasteiger partial charge in [0.1, 0.15) is 5.75 Å². The number of benzene rings is 3. The second kappa shape index (κ2) is 12.7. The van der Waals surface area contributed by atoms with Crippen molar-refractivity contribution in [1.82, 2.24) is 0 Å². The maximum atomic E-state index is 14.4. The quantitative estimate of drug-likeness (QED) is 0.288. The summed E-state index contributed by atoms with van der Waals surface area (Å²) >= 11 is 6.27. The minimum absolute atomic E-state index is 0.115. The van der Waals surface area contributed by atoms with Crippen LogP contribution in [0.3, 0.4) is 0 Å². The molecule has 0 aliphatic heterocycles. The Balaban J connectivity index is 1.86. The van der Waals surface area contributed by atoms with E-state index in [1.54, 1.807) is 24.1 Å². The molecule has 1 aliphatic rings. The van der Waals surface area contributed by atoms with Crippen LogP contribution in [0, 0.1) is 5.92 Å². The normalized spacial score (nSPS) is 15.5. The summed E-state index contributed by atoms with van der Waals surface area (Å²) < 4.78 is 5.37. The molecule has 5 nitrogen and oxygen atoms in total. The fourth-order valence-electron chi connectivity index (χ4n) is 5.97. The van der Waals surface area contributed by atoms with Crippen LogP contribution in [-0.4, -0.2) is 18.9 Å². The van der Waals surface area contributed by atoms with Gasteiger partial charge in [-0.15, -0.1) is 0 Å². The highest BCUT2D eigenvalue weighted by atomic mass is 35.5. The zero-order valence-electron chi connectivity index (χ0n) is 23.2. The van der Waals surface area contributed by atoms with Gasteiger partial charge >= 0.3 is 0 Å². The standard InChI is InChI=1S/C33H39ClN2O3/c1-23(2)25-13-19-29(20-14-25)36(31(37)21-12-24-8-7-11-30(22-24)39-3)33(32(35)38,26-9-5-4-6-10-26)27-15-17-28(34)18-16-27/h7-8,11,13-20,22-23,26H,4-6,9-10,12,21H2,1-3H3,(H2,35,38). The second-order valence-corrected chi connectivity index (χ2v) is 11.2. The molecule has 3 aromatic carbocycles. The number of carbonyl (C=O) groups excluding carboxylic acids is 2. The lowest BCUT2D eigenvalue weighted by Crippen LogP contribution is -2.62. The molecule has 1 aliphatic carbocycles. The summed E-state index contributed by atoms with van der Waals surface area (Å²) in [5.41, 5.74) is 8.59. The number of amides is 2.